The lowest BCUT2D eigenvalue weighted by Gasteiger charge is -2.30. The predicted octanol–water partition coefficient (Wildman–Crippen LogP) is 3.62. The van der Waals surface area contributed by atoms with Crippen LogP contribution in [0, 0.1) is 6.92 Å². The molecule has 6 nitrogen and oxygen atoms in total. The fourth-order valence-electron chi connectivity index (χ4n) is 4.06. The first-order valence-corrected chi connectivity index (χ1v) is 8.09. The molecule has 124 valence electrons. The van der Waals surface area contributed by atoms with E-state index in [0.29, 0.717) is 13.1 Å². The van der Waals surface area contributed by atoms with E-state index in [2.05, 4.69) is 0 Å². The van der Waals surface area contributed by atoms with Crippen molar-refractivity contribution in [3.05, 3.63) is 34.9 Å². The Morgan fingerprint density at radius 3 is 2.17 bits per heavy atom. The molecule has 2 aliphatic rings. The van der Waals surface area contributed by atoms with E-state index in [1.54, 1.807) is 0 Å². The van der Waals surface area contributed by atoms with E-state index in [9.17, 15) is 19.8 Å². The van der Waals surface area contributed by atoms with Crippen LogP contribution >= 0.6 is 0 Å². The van der Waals surface area contributed by atoms with E-state index in [4.69, 9.17) is 0 Å². The molecule has 2 amide bonds. The molecule has 0 radical (unpaired) electrons. The van der Waals surface area contributed by atoms with Crippen LogP contribution in [0.4, 0.5) is 9.59 Å². The Morgan fingerprint density at radius 2 is 1.57 bits per heavy atom. The summed E-state index contributed by atoms with van der Waals surface area (Å²) < 4.78 is 0. The zero-order valence-corrected chi connectivity index (χ0v) is 13.2. The molecular formula is C17H22N2O4. The van der Waals surface area contributed by atoms with Crippen LogP contribution in [0.15, 0.2) is 18.2 Å². The molecule has 0 aromatic heterocycles. The molecule has 2 N–H and O–H groups in total. The molecule has 2 aliphatic heterocycles. The summed E-state index contributed by atoms with van der Waals surface area (Å²) >= 11 is 0. The average molecular weight is 318 g/mol. The summed E-state index contributed by atoms with van der Waals surface area (Å²) in [5.41, 5.74) is 3.02. The van der Waals surface area contributed by atoms with Crippen molar-refractivity contribution in [2.75, 3.05) is 13.1 Å². The number of hydrogen-bond donors (Lipinski definition) is 2. The van der Waals surface area contributed by atoms with Crippen molar-refractivity contribution in [2.45, 2.75) is 44.7 Å². The van der Waals surface area contributed by atoms with Crippen molar-refractivity contribution >= 4 is 12.2 Å². The van der Waals surface area contributed by atoms with Gasteiger partial charge >= 0.3 is 12.2 Å². The topological polar surface area (TPSA) is 81.1 Å². The molecule has 2 saturated heterocycles. The van der Waals surface area contributed by atoms with Crippen molar-refractivity contribution in [3.8, 4) is 0 Å². The van der Waals surface area contributed by atoms with Crippen molar-refractivity contribution in [1.29, 1.82) is 0 Å². The van der Waals surface area contributed by atoms with Crippen molar-refractivity contribution in [3.63, 3.8) is 0 Å². The van der Waals surface area contributed by atoms with E-state index < -0.39 is 12.2 Å². The quantitative estimate of drug-likeness (QED) is 0.872. The SMILES string of the molecule is Cc1cccc(C2CCCN2C(=O)O)c1C1CCCN1C(=O)O. The highest BCUT2D eigenvalue weighted by Gasteiger charge is 2.37. The molecule has 2 heterocycles. The van der Waals surface area contributed by atoms with Gasteiger partial charge in [0.2, 0.25) is 0 Å². The first kappa shape index (κ1) is 15.6. The number of hydrogen-bond acceptors (Lipinski definition) is 2. The molecule has 0 bridgehead atoms. The van der Waals surface area contributed by atoms with Crippen LogP contribution in [0.5, 0.6) is 0 Å². The second kappa shape index (κ2) is 6.10. The molecule has 0 saturated carbocycles. The molecule has 2 unspecified atom stereocenters. The molecule has 2 atom stereocenters. The molecule has 2 fully saturated rings. The van der Waals surface area contributed by atoms with Gasteiger partial charge in [-0.2, -0.15) is 0 Å². The van der Waals surface area contributed by atoms with Gasteiger partial charge in [0.05, 0.1) is 12.1 Å². The number of likely N-dealkylation sites (tertiary alicyclic amines) is 2. The summed E-state index contributed by atoms with van der Waals surface area (Å²) in [7, 11) is 0. The van der Waals surface area contributed by atoms with Gasteiger partial charge in [0, 0.05) is 13.1 Å². The Morgan fingerprint density at radius 1 is 1.00 bits per heavy atom. The average Bonchev–Trinajstić information content (AvgIpc) is 3.16. The molecule has 0 aliphatic carbocycles. The summed E-state index contributed by atoms with van der Waals surface area (Å²) in [5, 5.41) is 18.9. The Bertz CT molecular complexity index is 631. The predicted molar refractivity (Wildman–Crippen MR) is 84.6 cm³/mol. The third-order valence-corrected chi connectivity index (χ3v) is 5.05. The number of carbonyl (C=O) groups is 2. The summed E-state index contributed by atoms with van der Waals surface area (Å²) in [4.78, 5) is 26.0. The van der Waals surface area contributed by atoms with Crippen LogP contribution in [0.1, 0.15) is 54.5 Å². The molecule has 3 rings (SSSR count). The molecule has 0 spiro atoms. The number of rotatable bonds is 2. The standard InChI is InChI=1S/C17H22N2O4/c1-11-5-2-6-12(13-7-3-9-18(13)16(20)21)15(11)14-8-4-10-19(14)17(22)23/h2,5-6,13-14H,3-4,7-10H2,1H3,(H,20,21)(H,22,23). The highest BCUT2D eigenvalue weighted by atomic mass is 16.4. The van der Waals surface area contributed by atoms with Crippen LogP contribution in [-0.2, 0) is 0 Å². The van der Waals surface area contributed by atoms with E-state index in [1.807, 2.05) is 25.1 Å². The number of nitrogens with zero attached hydrogens (tertiary/aromatic N) is 2. The first-order chi connectivity index (χ1) is 11.0. The third kappa shape index (κ3) is 2.73. The zero-order chi connectivity index (χ0) is 16.6. The molecule has 6 heteroatoms. The van der Waals surface area contributed by atoms with E-state index in [1.165, 1.54) is 9.80 Å². The van der Waals surface area contributed by atoms with Crippen LogP contribution in [0.25, 0.3) is 0 Å². The number of carboxylic acid groups (broad SMARTS) is 2. The molecular weight excluding hydrogens is 296 g/mol. The second-order valence-corrected chi connectivity index (χ2v) is 6.35. The maximum absolute atomic E-state index is 11.5. The summed E-state index contributed by atoms with van der Waals surface area (Å²) in [6.07, 6.45) is 1.48. The van der Waals surface area contributed by atoms with Crippen LogP contribution in [0.2, 0.25) is 0 Å². The van der Waals surface area contributed by atoms with E-state index in [0.717, 1.165) is 42.4 Å². The normalized spacial score (nSPS) is 24.2. The monoisotopic (exact) mass is 318 g/mol. The van der Waals surface area contributed by atoms with Gasteiger partial charge in [-0.05, 0) is 49.3 Å². The Kier molecular flexibility index (Phi) is 4.15. The smallest absolute Gasteiger partial charge is 0.407 e. The highest BCUT2D eigenvalue weighted by Crippen LogP contribution is 2.41. The van der Waals surface area contributed by atoms with Crippen LogP contribution < -0.4 is 0 Å². The molecule has 1 aromatic rings. The zero-order valence-electron chi connectivity index (χ0n) is 13.2. The van der Waals surface area contributed by atoms with Gasteiger partial charge in [-0.25, -0.2) is 9.59 Å². The van der Waals surface area contributed by atoms with Crippen molar-refractivity contribution < 1.29 is 19.8 Å². The van der Waals surface area contributed by atoms with E-state index >= 15 is 0 Å². The fraction of sp³-hybridized carbons (Fsp3) is 0.529. The van der Waals surface area contributed by atoms with Gasteiger partial charge in [-0.3, -0.25) is 0 Å². The lowest BCUT2D eigenvalue weighted by Crippen LogP contribution is -2.32. The van der Waals surface area contributed by atoms with Crippen molar-refractivity contribution in [1.82, 2.24) is 9.80 Å². The third-order valence-electron chi connectivity index (χ3n) is 5.05. The second-order valence-electron chi connectivity index (χ2n) is 6.35. The Labute approximate surface area is 135 Å². The van der Waals surface area contributed by atoms with E-state index in [-0.39, 0.29) is 12.1 Å². The summed E-state index contributed by atoms with van der Waals surface area (Å²) in [6.45, 7) is 3.07. The van der Waals surface area contributed by atoms with Crippen molar-refractivity contribution in [2.24, 2.45) is 0 Å². The lowest BCUT2D eigenvalue weighted by molar-refractivity contribution is 0.135. The summed E-state index contributed by atoms with van der Waals surface area (Å²) in [6, 6.07) is 5.55. The largest absolute Gasteiger partial charge is 0.465 e. The number of amides is 2. The number of benzene rings is 1. The van der Waals surface area contributed by atoms with Gasteiger partial charge in [0.25, 0.3) is 0 Å². The Balaban J connectivity index is 2.04. The van der Waals surface area contributed by atoms with Crippen LogP contribution in [-0.4, -0.2) is 45.3 Å². The molecule has 23 heavy (non-hydrogen) atoms. The first-order valence-electron chi connectivity index (χ1n) is 8.09. The minimum absolute atomic E-state index is 0.167. The van der Waals surface area contributed by atoms with Gasteiger partial charge in [-0.15, -0.1) is 0 Å². The van der Waals surface area contributed by atoms with Gasteiger partial charge < -0.3 is 20.0 Å². The minimum atomic E-state index is -0.901. The maximum atomic E-state index is 11.5. The minimum Gasteiger partial charge on any atom is -0.465 e. The van der Waals surface area contributed by atoms with Crippen LogP contribution in [0.3, 0.4) is 0 Å². The van der Waals surface area contributed by atoms with Gasteiger partial charge in [0.1, 0.15) is 0 Å². The van der Waals surface area contributed by atoms with Gasteiger partial charge in [-0.1, -0.05) is 18.2 Å². The lowest BCUT2D eigenvalue weighted by atomic mass is 9.89. The fourth-order valence-corrected chi connectivity index (χ4v) is 4.06. The molecule has 1 aromatic carbocycles. The highest BCUT2D eigenvalue weighted by molar-refractivity contribution is 5.68. The van der Waals surface area contributed by atoms with Gasteiger partial charge in [0.15, 0.2) is 0 Å². The summed E-state index contributed by atoms with van der Waals surface area (Å²) in [5.74, 6) is 0. The number of aryl methyl sites for hydroxylation is 1. The Hall–Kier alpha value is -2.24. The maximum Gasteiger partial charge on any atom is 0.407 e.